The van der Waals surface area contributed by atoms with Crippen LogP contribution in [0.1, 0.15) is 37.1 Å². The number of anilines is 1. The third kappa shape index (κ3) is 2.44. The van der Waals surface area contributed by atoms with Crippen molar-refractivity contribution in [1.29, 1.82) is 5.26 Å². The van der Waals surface area contributed by atoms with E-state index in [9.17, 15) is 0 Å². The van der Waals surface area contributed by atoms with Crippen molar-refractivity contribution >= 4 is 5.95 Å². The Morgan fingerprint density at radius 2 is 2.13 bits per heavy atom. The molecule has 1 aromatic heterocycles. The minimum Gasteiger partial charge on any atom is -0.351 e. The molecule has 15 heavy (non-hydrogen) atoms. The van der Waals surface area contributed by atoms with Gasteiger partial charge in [0.2, 0.25) is 5.95 Å². The average Bonchev–Trinajstić information content (AvgIpc) is 2.69. The summed E-state index contributed by atoms with van der Waals surface area (Å²) in [4.78, 5) is 8.40. The molecule has 1 N–H and O–H groups in total. The van der Waals surface area contributed by atoms with E-state index in [0.717, 1.165) is 5.69 Å². The number of aromatic nitrogens is 2. The van der Waals surface area contributed by atoms with Crippen LogP contribution in [-0.4, -0.2) is 16.0 Å². The summed E-state index contributed by atoms with van der Waals surface area (Å²) in [6.45, 7) is 1.88. The molecule has 1 aromatic rings. The first-order valence-electron chi connectivity index (χ1n) is 5.30. The molecule has 2 rings (SSSR count). The predicted molar refractivity (Wildman–Crippen MR) is 57.4 cm³/mol. The predicted octanol–water partition coefficient (Wildman–Crippen LogP) is 2.01. The van der Waals surface area contributed by atoms with E-state index in [2.05, 4.69) is 15.3 Å². The molecule has 0 aromatic carbocycles. The van der Waals surface area contributed by atoms with Crippen LogP contribution < -0.4 is 5.32 Å². The highest BCUT2D eigenvalue weighted by Gasteiger charge is 2.15. The lowest BCUT2D eigenvalue weighted by Gasteiger charge is -2.11. The Hall–Kier alpha value is -1.63. The maximum atomic E-state index is 8.78. The van der Waals surface area contributed by atoms with Crippen LogP contribution in [0.3, 0.4) is 0 Å². The van der Waals surface area contributed by atoms with Gasteiger partial charge in [-0.15, -0.1) is 0 Å². The van der Waals surface area contributed by atoms with Gasteiger partial charge in [0.05, 0.1) is 0 Å². The number of nitrogens with zero attached hydrogens (tertiary/aromatic N) is 3. The molecule has 0 aliphatic heterocycles. The van der Waals surface area contributed by atoms with E-state index in [1.165, 1.54) is 25.7 Å². The Labute approximate surface area is 89.4 Å². The van der Waals surface area contributed by atoms with Crippen molar-refractivity contribution in [1.82, 2.24) is 9.97 Å². The molecule has 1 fully saturated rings. The highest BCUT2D eigenvalue weighted by molar-refractivity contribution is 5.33. The van der Waals surface area contributed by atoms with Gasteiger partial charge in [0.1, 0.15) is 11.8 Å². The van der Waals surface area contributed by atoms with E-state index >= 15 is 0 Å². The Bertz CT molecular complexity index is 388. The van der Waals surface area contributed by atoms with Crippen molar-refractivity contribution < 1.29 is 0 Å². The highest BCUT2D eigenvalue weighted by Crippen LogP contribution is 2.20. The minimum atomic E-state index is 0.433. The van der Waals surface area contributed by atoms with Gasteiger partial charge >= 0.3 is 0 Å². The molecule has 0 atom stereocenters. The molecule has 4 nitrogen and oxygen atoms in total. The Balaban J connectivity index is 2.13. The fourth-order valence-corrected chi connectivity index (χ4v) is 1.94. The number of nitriles is 1. The summed E-state index contributed by atoms with van der Waals surface area (Å²) in [5, 5.41) is 12.1. The molecule has 0 saturated heterocycles. The lowest BCUT2D eigenvalue weighted by molar-refractivity contribution is 0.742. The Morgan fingerprint density at radius 1 is 1.40 bits per heavy atom. The summed E-state index contributed by atoms with van der Waals surface area (Å²) in [6.07, 6.45) is 4.90. The van der Waals surface area contributed by atoms with Gasteiger partial charge in [0.25, 0.3) is 0 Å². The number of hydrogen-bond donors (Lipinski definition) is 1. The van der Waals surface area contributed by atoms with Crippen molar-refractivity contribution in [3.63, 3.8) is 0 Å². The fourth-order valence-electron chi connectivity index (χ4n) is 1.94. The van der Waals surface area contributed by atoms with Gasteiger partial charge in [-0.25, -0.2) is 9.97 Å². The van der Waals surface area contributed by atoms with Gasteiger partial charge in [0, 0.05) is 11.7 Å². The van der Waals surface area contributed by atoms with Gasteiger partial charge < -0.3 is 5.32 Å². The van der Waals surface area contributed by atoms with E-state index in [1.54, 1.807) is 6.07 Å². The maximum Gasteiger partial charge on any atom is 0.224 e. The minimum absolute atomic E-state index is 0.433. The number of rotatable bonds is 2. The standard InChI is InChI=1S/C11H14N4/c1-8-6-10(7-12)15-11(13-8)14-9-4-2-3-5-9/h6,9H,2-5H2,1H3,(H,13,14,15). The SMILES string of the molecule is Cc1cc(C#N)nc(NC2CCCC2)n1. The van der Waals surface area contributed by atoms with Gasteiger partial charge in [0.15, 0.2) is 0 Å². The second kappa shape index (κ2) is 4.26. The second-order valence-corrected chi connectivity index (χ2v) is 3.96. The number of hydrogen-bond acceptors (Lipinski definition) is 4. The molecular weight excluding hydrogens is 188 g/mol. The van der Waals surface area contributed by atoms with Crippen LogP contribution in [0.2, 0.25) is 0 Å². The highest BCUT2D eigenvalue weighted by atomic mass is 15.1. The van der Waals surface area contributed by atoms with Gasteiger partial charge in [-0.2, -0.15) is 5.26 Å². The zero-order valence-electron chi connectivity index (χ0n) is 8.82. The Kier molecular flexibility index (Phi) is 2.82. The second-order valence-electron chi connectivity index (χ2n) is 3.96. The first-order chi connectivity index (χ1) is 7.28. The van der Waals surface area contributed by atoms with E-state index in [0.29, 0.717) is 17.7 Å². The molecule has 0 amide bonds. The lowest BCUT2D eigenvalue weighted by Crippen LogP contribution is -2.17. The first kappa shape index (κ1) is 9.91. The van der Waals surface area contributed by atoms with Crippen molar-refractivity contribution in [2.45, 2.75) is 38.6 Å². The van der Waals surface area contributed by atoms with E-state index in [4.69, 9.17) is 5.26 Å². The summed E-state index contributed by atoms with van der Waals surface area (Å²) in [7, 11) is 0. The van der Waals surface area contributed by atoms with E-state index in [-0.39, 0.29) is 0 Å². The molecular formula is C11H14N4. The van der Waals surface area contributed by atoms with Gasteiger partial charge in [-0.05, 0) is 25.8 Å². The normalized spacial score (nSPS) is 16.3. The van der Waals surface area contributed by atoms with Crippen LogP contribution >= 0.6 is 0 Å². The number of aryl methyl sites for hydroxylation is 1. The van der Waals surface area contributed by atoms with E-state index in [1.807, 2.05) is 13.0 Å². The molecule has 0 bridgehead atoms. The van der Waals surface area contributed by atoms with Crippen molar-refractivity contribution in [2.75, 3.05) is 5.32 Å². The summed E-state index contributed by atoms with van der Waals surface area (Å²) >= 11 is 0. The average molecular weight is 202 g/mol. The van der Waals surface area contributed by atoms with Crippen LogP contribution in [0.25, 0.3) is 0 Å². The molecule has 0 radical (unpaired) electrons. The quantitative estimate of drug-likeness (QED) is 0.796. The zero-order chi connectivity index (χ0) is 10.7. The number of nitrogens with one attached hydrogen (secondary N) is 1. The molecule has 1 aliphatic rings. The van der Waals surface area contributed by atoms with E-state index < -0.39 is 0 Å². The molecule has 4 heteroatoms. The molecule has 1 heterocycles. The summed E-state index contributed by atoms with van der Waals surface area (Å²) in [6, 6.07) is 4.22. The summed E-state index contributed by atoms with van der Waals surface area (Å²) in [5.74, 6) is 0.596. The van der Waals surface area contributed by atoms with Crippen molar-refractivity contribution in [2.24, 2.45) is 0 Å². The van der Waals surface area contributed by atoms with Crippen LogP contribution in [0.5, 0.6) is 0 Å². The van der Waals surface area contributed by atoms with Crippen LogP contribution in [-0.2, 0) is 0 Å². The van der Waals surface area contributed by atoms with Gasteiger partial charge in [-0.1, -0.05) is 12.8 Å². The van der Waals surface area contributed by atoms with Crippen LogP contribution in [0.15, 0.2) is 6.07 Å². The summed E-state index contributed by atoms with van der Waals surface area (Å²) < 4.78 is 0. The molecule has 0 spiro atoms. The smallest absolute Gasteiger partial charge is 0.224 e. The van der Waals surface area contributed by atoms with Crippen LogP contribution in [0, 0.1) is 18.3 Å². The zero-order valence-corrected chi connectivity index (χ0v) is 8.82. The van der Waals surface area contributed by atoms with Crippen molar-refractivity contribution in [3.8, 4) is 6.07 Å². The molecule has 0 unspecified atom stereocenters. The topological polar surface area (TPSA) is 61.6 Å². The monoisotopic (exact) mass is 202 g/mol. The summed E-state index contributed by atoms with van der Waals surface area (Å²) in [5.41, 5.74) is 1.27. The fraction of sp³-hybridized carbons (Fsp3) is 0.545. The van der Waals surface area contributed by atoms with Crippen LogP contribution in [0.4, 0.5) is 5.95 Å². The first-order valence-corrected chi connectivity index (χ1v) is 5.30. The third-order valence-corrected chi connectivity index (χ3v) is 2.66. The lowest BCUT2D eigenvalue weighted by atomic mass is 10.2. The Morgan fingerprint density at radius 3 is 2.80 bits per heavy atom. The van der Waals surface area contributed by atoms with Crippen molar-refractivity contribution in [3.05, 3.63) is 17.5 Å². The largest absolute Gasteiger partial charge is 0.351 e. The van der Waals surface area contributed by atoms with Gasteiger partial charge in [-0.3, -0.25) is 0 Å². The maximum absolute atomic E-state index is 8.78. The third-order valence-electron chi connectivity index (χ3n) is 2.66. The molecule has 1 saturated carbocycles. The molecule has 1 aliphatic carbocycles. The molecule has 78 valence electrons.